The van der Waals surface area contributed by atoms with Crippen LogP contribution in [0.25, 0.3) is 16.6 Å². The maximum atomic E-state index is 15.2. The van der Waals surface area contributed by atoms with Crippen molar-refractivity contribution in [3.63, 3.8) is 0 Å². The third kappa shape index (κ3) is 5.29. The number of anilines is 2. The first-order valence-electron chi connectivity index (χ1n) is 18.3. The number of imide groups is 1. The summed E-state index contributed by atoms with van der Waals surface area (Å²) in [6.45, 7) is 8.88. The Labute approximate surface area is 305 Å². The van der Waals surface area contributed by atoms with Crippen LogP contribution in [0.3, 0.4) is 0 Å². The second-order valence-electron chi connectivity index (χ2n) is 15.8. The van der Waals surface area contributed by atoms with E-state index in [9.17, 15) is 14.4 Å². The molecule has 0 bridgehead atoms. The number of piperidine rings is 2. The number of halogens is 3. The fraction of sp³-hybridized carbons (Fsp3) is 0.450. The quantitative estimate of drug-likeness (QED) is 0.218. The third-order valence-electron chi connectivity index (χ3n) is 12.1. The van der Waals surface area contributed by atoms with E-state index < -0.39 is 34.6 Å². The summed E-state index contributed by atoms with van der Waals surface area (Å²) >= 11 is 6.48. The van der Waals surface area contributed by atoms with Crippen molar-refractivity contribution >= 4 is 45.7 Å². The Morgan fingerprint density at radius 1 is 0.962 bits per heavy atom. The van der Waals surface area contributed by atoms with E-state index >= 15 is 8.78 Å². The van der Waals surface area contributed by atoms with Gasteiger partial charge in [-0.3, -0.25) is 19.0 Å². The average Bonchev–Trinajstić information content (AvgIpc) is 3.61. The zero-order valence-electron chi connectivity index (χ0n) is 29.3. The van der Waals surface area contributed by atoms with Crippen molar-refractivity contribution < 1.29 is 23.1 Å². The van der Waals surface area contributed by atoms with E-state index in [1.165, 1.54) is 17.7 Å². The highest BCUT2D eigenvalue weighted by molar-refractivity contribution is 6.35. The van der Waals surface area contributed by atoms with Gasteiger partial charge >= 0.3 is 0 Å². The highest BCUT2D eigenvalue weighted by atomic mass is 35.5. The van der Waals surface area contributed by atoms with Crippen LogP contribution in [-0.4, -0.2) is 71.2 Å². The number of nitrogens with zero attached hydrogens (tertiary/aromatic N) is 5. The largest absolute Gasteiger partial charge is 0.371 e. The molecule has 2 amide bonds. The molecule has 270 valence electrons. The lowest BCUT2D eigenvalue weighted by atomic mass is 9.82. The Bertz CT molecular complexity index is 2190. The van der Waals surface area contributed by atoms with E-state index in [-0.39, 0.29) is 24.0 Å². The number of hydrogen-bond acceptors (Lipinski definition) is 7. The van der Waals surface area contributed by atoms with Gasteiger partial charge in [-0.05, 0) is 106 Å². The molecule has 0 aliphatic carbocycles. The van der Waals surface area contributed by atoms with Crippen molar-refractivity contribution in [3.05, 3.63) is 92.5 Å². The lowest BCUT2D eigenvalue weighted by molar-refractivity contribution is -0.129. The molecule has 4 fully saturated rings. The summed E-state index contributed by atoms with van der Waals surface area (Å²) in [5.74, 6) is -1.44. The topological polar surface area (TPSA) is 88.0 Å². The van der Waals surface area contributed by atoms with Crippen LogP contribution >= 0.6 is 11.6 Å². The zero-order valence-corrected chi connectivity index (χ0v) is 30.0. The number of benzene rings is 3. The monoisotopic (exact) mass is 727 g/mol. The highest BCUT2D eigenvalue weighted by Gasteiger charge is 2.50. The lowest BCUT2D eigenvalue weighted by Crippen LogP contribution is -2.62. The van der Waals surface area contributed by atoms with Crippen LogP contribution in [0.15, 0.2) is 53.3 Å². The van der Waals surface area contributed by atoms with Crippen LogP contribution in [0.2, 0.25) is 5.02 Å². The maximum absolute atomic E-state index is 15.2. The van der Waals surface area contributed by atoms with Crippen molar-refractivity contribution in [1.29, 1.82) is 0 Å². The predicted molar refractivity (Wildman–Crippen MR) is 195 cm³/mol. The molecule has 4 aromatic rings. The molecule has 5 aliphatic rings. The van der Waals surface area contributed by atoms with Gasteiger partial charge in [0.05, 0.1) is 33.6 Å². The first kappa shape index (κ1) is 33.6. The van der Waals surface area contributed by atoms with Gasteiger partial charge in [0, 0.05) is 38.2 Å². The molecule has 6 heterocycles. The fourth-order valence-corrected chi connectivity index (χ4v) is 9.65. The minimum Gasteiger partial charge on any atom is -0.371 e. The summed E-state index contributed by atoms with van der Waals surface area (Å²) in [6, 6.07) is 14.7. The number of rotatable bonds is 5. The van der Waals surface area contributed by atoms with Crippen molar-refractivity contribution in [2.24, 2.45) is 5.92 Å². The zero-order chi connectivity index (χ0) is 36.1. The highest BCUT2D eigenvalue weighted by Crippen LogP contribution is 2.46. The maximum Gasteiger partial charge on any atom is 0.282 e. The summed E-state index contributed by atoms with van der Waals surface area (Å²) in [7, 11) is 0. The van der Waals surface area contributed by atoms with Crippen LogP contribution in [0.4, 0.5) is 20.2 Å². The van der Waals surface area contributed by atoms with E-state index in [0.717, 1.165) is 61.5 Å². The molecule has 9 rings (SSSR count). The Morgan fingerprint density at radius 3 is 2.38 bits per heavy atom. The summed E-state index contributed by atoms with van der Waals surface area (Å²) in [6.07, 6.45) is 3.55. The van der Waals surface area contributed by atoms with Crippen LogP contribution < -0.4 is 15.4 Å². The SMILES string of the molecule is CC1(C)c2ccc(C3CCN(CC4COC5(C4)CN(c4cc(F)c(N6C(=O)CCCC6=O)c(F)c4)C5)CC3)cc2-n2c1nc(=O)c1c(Cl)cccc12. The summed E-state index contributed by atoms with van der Waals surface area (Å²) in [4.78, 5) is 47.2. The van der Waals surface area contributed by atoms with E-state index in [1.807, 2.05) is 17.0 Å². The van der Waals surface area contributed by atoms with Gasteiger partial charge in [-0.2, -0.15) is 4.98 Å². The molecule has 0 radical (unpaired) electrons. The van der Waals surface area contributed by atoms with Crippen LogP contribution in [0.1, 0.15) is 75.2 Å². The molecule has 4 saturated heterocycles. The number of ether oxygens (including phenoxy) is 1. The van der Waals surface area contributed by atoms with Gasteiger partial charge in [0.1, 0.15) is 17.1 Å². The molecule has 3 aromatic carbocycles. The normalized spacial score (nSPS) is 22.7. The van der Waals surface area contributed by atoms with Gasteiger partial charge in [0.25, 0.3) is 5.56 Å². The molecule has 5 aliphatic heterocycles. The molecule has 1 atom stereocenters. The molecule has 0 N–H and O–H groups in total. The standard InChI is InChI=1S/C40H40ClF2N5O4/c1-39(2)27-10-9-25(15-32(27)47-31-6-3-5-28(41)35(31)37(51)44-38(39)47)24-11-13-45(14-12-24)19-23-18-40(52-20-23)21-46(22-40)26-16-29(42)36(30(43)17-26)48-33(49)7-4-8-34(48)50/h3,5-6,9-10,15-17,23-24H,4,7-8,11-14,18-22H2,1-2H3. The van der Waals surface area contributed by atoms with Gasteiger partial charge in [-0.15, -0.1) is 0 Å². The molecular formula is C40H40ClF2N5O4. The number of carbonyl (C=O) groups is 2. The lowest BCUT2D eigenvalue weighted by Gasteiger charge is -2.48. The second kappa shape index (κ2) is 12.2. The van der Waals surface area contributed by atoms with Gasteiger partial charge in [-0.25, -0.2) is 13.7 Å². The molecule has 1 unspecified atom stereocenters. The Hall–Kier alpha value is -4.19. The molecule has 0 saturated carbocycles. The fourth-order valence-electron chi connectivity index (χ4n) is 9.40. The number of aromatic nitrogens is 2. The molecule has 1 aromatic heterocycles. The third-order valence-corrected chi connectivity index (χ3v) is 12.4. The number of likely N-dealkylation sites (tertiary alicyclic amines) is 1. The van der Waals surface area contributed by atoms with Crippen LogP contribution in [-0.2, 0) is 19.7 Å². The van der Waals surface area contributed by atoms with Gasteiger partial charge < -0.3 is 14.5 Å². The smallest absolute Gasteiger partial charge is 0.282 e. The first-order chi connectivity index (χ1) is 24.9. The molecule has 9 nitrogen and oxygen atoms in total. The van der Waals surface area contributed by atoms with Crippen LogP contribution in [0, 0.1) is 17.6 Å². The number of carbonyl (C=O) groups excluding carboxylic acids is 2. The minimum atomic E-state index is -0.909. The minimum absolute atomic E-state index is 0.0947. The Balaban J connectivity index is 0.831. The second-order valence-corrected chi connectivity index (χ2v) is 16.2. The van der Waals surface area contributed by atoms with E-state index in [1.54, 1.807) is 6.07 Å². The first-order valence-corrected chi connectivity index (χ1v) is 18.6. The number of amides is 2. The number of fused-ring (bicyclic) bond motifs is 5. The summed E-state index contributed by atoms with van der Waals surface area (Å²) < 4.78 is 38.8. The Morgan fingerprint density at radius 2 is 1.67 bits per heavy atom. The van der Waals surface area contributed by atoms with Crippen molar-refractivity contribution in [2.75, 3.05) is 49.1 Å². The molecule has 1 spiro atoms. The average molecular weight is 728 g/mol. The molecular weight excluding hydrogens is 688 g/mol. The molecule has 52 heavy (non-hydrogen) atoms. The van der Waals surface area contributed by atoms with E-state index in [0.29, 0.717) is 58.9 Å². The Kier molecular flexibility index (Phi) is 7.88. The van der Waals surface area contributed by atoms with Gasteiger partial charge in [0.15, 0.2) is 11.6 Å². The van der Waals surface area contributed by atoms with Gasteiger partial charge in [0.2, 0.25) is 11.8 Å². The van der Waals surface area contributed by atoms with Gasteiger partial charge in [-0.1, -0.05) is 29.8 Å². The van der Waals surface area contributed by atoms with Crippen molar-refractivity contribution in [3.8, 4) is 5.69 Å². The van der Waals surface area contributed by atoms with E-state index in [4.69, 9.17) is 16.3 Å². The van der Waals surface area contributed by atoms with Crippen molar-refractivity contribution in [1.82, 2.24) is 14.5 Å². The van der Waals surface area contributed by atoms with Crippen LogP contribution in [0.5, 0.6) is 0 Å². The molecule has 12 heteroatoms. The number of hydrogen-bond donors (Lipinski definition) is 0. The summed E-state index contributed by atoms with van der Waals surface area (Å²) in [5, 5.41) is 0.862. The van der Waals surface area contributed by atoms with Crippen molar-refractivity contribution in [2.45, 2.75) is 69.3 Å². The predicted octanol–water partition coefficient (Wildman–Crippen LogP) is 6.48. The summed E-state index contributed by atoms with van der Waals surface area (Å²) in [5.41, 5.74) is 3.05. The van der Waals surface area contributed by atoms with E-state index in [2.05, 4.69) is 46.5 Å².